The first kappa shape index (κ1) is 14.2. The van der Waals surface area contributed by atoms with Gasteiger partial charge in [-0.25, -0.2) is 4.98 Å². The summed E-state index contributed by atoms with van der Waals surface area (Å²) in [5.74, 6) is 0.614. The van der Waals surface area contributed by atoms with Crippen LogP contribution in [0.1, 0.15) is 26.2 Å². The van der Waals surface area contributed by atoms with Crippen molar-refractivity contribution in [3.63, 3.8) is 0 Å². The summed E-state index contributed by atoms with van der Waals surface area (Å²) in [6, 6.07) is 0. The quantitative estimate of drug-likeness (QED) is 0.641. The van der Waals surface area contributed by atoms with Crippen molar-refractivity contribution in [2.45, 2.75) is 26.2 Å². The third kappa shape index (κ3) is 3.87. The zero-order valence-electron chi connectivity index (χ0n) is 11.2. The second-order valence-electron chi connectivity index (χ2n) is 4.90. The number of hydrogen-bond acceptors (Lipinski definition) is 6. The standard InChI is InChI=1S/C12H20N4O2S/c1-2-6-15(9-10-4-3-5-13-7-10)12-14-8-11(19-12)16(17)18/h8,10,13H,2-7,9H2,1H3. The van der Waals surface area contributed by atoms with Gasteiger partial charge < -0.3 is 10.2 Å². The van der Waals surface area contributed by atoms with Crippen LogP contribution in [0.3, 0.4) is 0 Å². The minimum Gasteiger partial charge on any atom is -0.348 e. The number of aromatic nitrogens is 1. The number of nitrogens with one attached hydrogen (secondary N) is 1. The Morgan fingerprint density at radius 2 is 2.53 bits per heavy atom. The highest BCUT2D eigenvalue weighted by atomic mass is 32.1. The molecule has 7 heteroatoms. The van der Waals surface area contributed by atoms with E-state index in [9.17, 15) is 10.1 Å². The fraction of sp³-hybridized carbons (Fsp3) is 0.750. The Labute approximate surface area is 117 Å². The van der Waals surface area contributed by atoms with Crippen LogP contribution in [-0.4, -0.2) is 36.1 Å². The van der Waals surface area contributed by atoms with Crippen LogP contribution in [0.25, 0.3) is 0 Å². The second kappa shape index (κ2) is 6.81. The van der Waals surface area contributed by atoms with E-state index in [0.29, 0.717) is 5.92 Å². The smallest absolute Gasteiger partial charge is 0.345 e. The number of rotatable bonds is 6. The van der Waals surface area contributed by atoms with Crippen molar-refractivity contribution in [1.82, 2.24) is 10.3 Å². The van der Waals surface area contributed by atoms with Crippen molar-refractivity contribution in [3.05, 3.63) is 16.3 Å². The largest absolute Gasteiger partial charge is 0.348 e. The lowest BCUT2D eigenvalue weighted by molar-refractivity contribution is -0.380. The van der Waals surface area contributed by atoms with Gasteiger partial charge in [0.25, 0.3) is 0 Å². The van der Waals surface area contributed by atoms with Gasteiger partial charge in [-0.15, -0.1) is 0 Å². The van der Waals surface area contributed by atoms with Gasteiger partial charge in [0.2, 0.25) is 0 Å². The summed E-state index contributed by atoms with van der Waals surface area (Å²) in [4.78, 5) is 16.8. The van der Waals surface area contributed by atoms with Crippen LogP contribution < -0.4 is 10.2 Å². The van der Waals surface area contributed by atoms with Gasteiger partial charge in [0, 0.05) is 13.1 Å². The topological polar surface area (TPSA) is 71.3 Å². The number of thiazole rings is 1. The van der Waals surface area contributed by atoms with Crippen molar-refractivity contribution in [3.8, 4) is 0 Å². The van der Waals surface area contributed by atoms with Gasteiger partial charge in [-0.05, 0) is 49.6 Å². The third-order valence-corrected chi connectivity index (χ3v) is 4.31. The van der Waals surface area contributed by atoms with Crippen molar-refractivity contribution in [2.75, 3.05) is 31.1 Å². The van der Waals surface area contributed by atoms with Crippen molar-refractivity contribution in [1.29, 1.82) is 0 Å². The van der Waals surface area contributed by atoms with Crippen molar-refractivity contribution < 1.29 is 4.92 Å². The molecule has 1 atom stereocenters. The summed E-state index contributed by atoms with van der Waals surface area (Å²) in [6.45, 7) is 6.10. The predicted octanol–water partition coefficient (Wildman–Crippen LogP) is 2.27. The molecule has 106 valence electrons. The molecule has 1 aromatic rings. The number of piperidine rings is 1. The summed E-state index contributed by atoms with van der Waals surface area (Å²) < 4.78 is 0. The molecule has 0 spiro atoms. The van der Waals surface area contributed by atoms with Crippen LogP contribution in [0.5, 0.6) is 0 Å². The summed E-state index contributed by atoms with van der Waals surface area (Å²) in [6.07, 6.45) is 4.82. The van der Waals surface area contributed by atoms with Crippen LogP contribution in [0, 0.1) is 16.0 Å². The number of nitrogens with zero attached hydrogens (tertiary/aromatic N) is 3. The highest BCUT2D eigenvalue weighted by Crippen LogP contribution is 2.29. The Morgan fingerprint density at radius 1 is 1.68 bits per heavy atom. The Bertz CT molecular complexity index is 418. The Balaban J connectivity index is 2.02. The highest BCUT2D eigenvalue weighted by molar-refractivity contribution is 7.18. The monoisotopic (exact) mass is 284 g/mol. The molecule has 0 bridgehead atoms. The zero-order valence-corrected chi connectivity index (χ0v) is 12.0. The summed E-state index contributed by atoms with van der Waals surface area (Å²) >= 11 is 1.17. The van der Waals surface area contributed by atoms with E-state index in [1.807, 2.05) is 0 Å². The van der Waals surface area contributed by atoms with Crippen molar-refractivity contribution in [2.24, 2.45) is 5.92 Å². The van der Waals surface area contributed by atoms with Crippen LogP contribution in [0.4, 0.5) is 10.1 Å². The molecule has 1 fully saturated rings. The minimum atomic E-state index is -0.368. The van der Waals surface area contributed by atoms with E-state index < -0.39 is 0 Å². The van der Waals surface area contributed by atoms with Gasteiger partial charge in [0.1, 0.15) is 6.20 Å². The van der Waals surface area contributed by atoms with Gasteiger partial charge in [-0.3, -0.25) is 10.1 Å². The summed E-state index contributed by atoms with van der Waals surface area (Å²) in [7, 11) is 0. The summed E-state index contributed by atoms with van der Waals surface area (Å²) in [5.41, 5.74) is 0. The lowest BCUT2D eigenvalue weighted by Gasteiger charge is -2.29. The van der Waals surface area contributed by atoms with E-state index in [-0.39, 0.29) is 9.92 Å². The molecule has 1 aliphatic heterocycles. The van der Waals surface area contributed by atoms with E-state index in [2.05, 4.69) is 22.1 Å². The molecule has 0 aromatic carbocycles. The maximum absolute atomic E-state index is 10.7. The van der Waals surface area contributed by atoms with Crippen LogP contribution in [0.2, 0.25) is 0 Å². The second-order valence-corrected chi connectivity index (χ2v) is 5.88. The van der Waals surface area contributed by atoms with E-state index in [1.54, 1.807) is 0 Å². The first-order valence-corrected chi connectivity index (χ1v) is 7.58. The molecule has 0 amide bonds. The molecule has 2 heterocycles. The molecule has 1 N–H and O–H groups in total. The summed E-state index contributed by atoms with van der Waals surface area (Å²) in [5, 5.41) is 15.0. The molecule has 2 rings (SSSR count). The maximum Gasteiger partial charge on any atom is 0.345 e. The van der Waals surface area contributed by atoms with Gasteiger partial charge in [-0.2, -0.15) is 0 Å². The Morgan fingerprint density at radius 3 is 3.11 bits per heavy atom. The van der Waals surface area contributed by atoms with Gasteiger partial charge >= 0.3 is 5.00 Å². The average Bonchev–Trinajstić information content (AvgIpc) is 2.89. The molecule has 1 aliphatic rings. The predicted molar refractivity (Wildman–Crippen MR) is 76.9 cm³/mol. The molecule has 0 saturated carbocycles. The highest BCUT2D eigenvalue weighted by Gasteiger charge is 2.21. The van der Waals surface area contributed by atoms with Crippen LogP contribution in [0.15, 0.2) is 6.20 Å². The first-order chi connectivity index (χ1) is 9.20. The first-order valence-electron chi connectivity index (χ1n) is 6.76. The molecule has 1 aromatic heterocycles. The fourth-order valence-corrected chi connectivity index (χ4v) is 3.18. The minimum absolute atomic E-state index is 0.123. The lowest BCUT2D eigenvalue weighted by atomic mass is 9.99. The molecule has 1 saturated heterocycles. The van der Waals surface area contributed by atoms with Crippen LogP contribution in [-0.2, 0) is 0 Å². The van der Waals surface area contributed by atoms with Gasteiger partial charge in [-0.1, -0.05) is 6.92 Å². The molecular weight excluding hydrogens is 264 g/mol. The number of nitro groups is 1. The van der Waals surface area contributed by atoms with E-state index in [4.69, 9.17) is 0 Å². The Hall–Kier alpha value is -1.21. The molecule has 0 aliphatic carbocycles. The average molecular weight is 284 g/mol. The van der Waals surface area contributed by atoms with Crippen molar-refractivity contribution >= 4 is 21.5 Å². The molecule has 6 nitrogen and oxygen atoms in total. The molecule has 19 heavy (non-hydrogen) atoms. The fourth-order valence-electron chi connectivity index (χ4n) is 2.41. The third-order valence-electron chi connectivity index (χ3n) is 3.30. The van der Waals surface area contributed by atoms with E-state index >= 15 is 0 Å². The molecule has 0 radical (unpaired) electrons. The molecular formula is C12H20N4O2S. The lowest BCUT2D eigenvalue weighted by Crippen LogP contribution is -2.38. The number of anilines is 1. The van der Waals surface area contributed by atoms with Gasteiger partial charge in [0.15, 0.2) is 5.13 Å². The normalized spacial score (nSPS) is 19.3. The SMILES string of the molecule is CCCN(CC1CCCNC1)c1ncc([N+](=O)[O-])s1. The number of hydrogen-bond donors (Lipinski definition) is 1. The zero-order chi connectivity index (χ0) is 13.7. The Kier molecular flexibility index (Phi) is 5.09. The van der Waals surface area contributed by atoms with Gasteiger partial charge in [0.05, 0.1) is 4.92 Å². The maximum atomic E-state index is 10.7. The van der Waals surface area contributed by atoms with Crippen LogP contribution >= 0.6 is 11.3 Å². The molecule has 1 unspecified atom stereocenters. The van der Waals surface area contributed by atoms with E-state index in [1.165, 1.54) is 30.4 Å². The van der Waals surface area contributed by atoms with E-state index in [0.717, 1.165) is 37.7 Å².